The Morgan fingerprint density at radius 2 is 2.15 bits per heavy atom. The number of hydrogen-bond acceptors (Lipinski definition) is 3. The molecule has 0 aromatic heterocycles. The fourth-order valence-electron chi connectivity index (χ4n) is 1.14. The SMILES string of the molecule is COc1cc(Br)cc(N)c1C(C)=O. The highest BCUT2D eigenvalue weighted by molar-refractivity contribution is 9.10. The average Bonchev–Trinajstić information content (AvgIpc) is 2.01. The number of nitrogens with two attached hydrogens (primary N) is 1. The maximum atomic E-state index is 11.2. The number of halogens is 1. The van der Waals surface area contributed by atoms with Crippen LogP contribution >= 0.6 is 15.9 Å². The first-order valence-corrected chi connectivity index (χ1v) is 4.49. The topological polar surface area (TPSA) is 52.3 Å². The largest absolute Gasteiger partial charge is 0.496 e. The maximum Gasteiger partial charge on any atom is 0.165 e. The van der Waals surface area contributed by atoms with Gasteiger partial charge in [0.2, 0.25) is 0 Å². The van der Waals surface area contributed by atoms with E-state index in [1.807, 2.05) is 0 Å². The lowest BCUT2D eigenvalue weighted by Crippen LogP contribution is -2.02. The standard InChI is InChI=1S/C9H10BrNO2/c1-5(12)9-7(11)3-6(10)4-8(9)13-2/h3-4H,11H2,1-2H3. The Bertz CT molecular complexity index is 350. The molecule has 0 aliphatic rings. The first-order valence-electron chi connectivity index (χ1n) is 3.70. The molecule has 0 saturated carbocycles. The summed E-state index contributed by atoms with van der Waals surface area (Å²) in [7, 11) is 1.51. The number of ether oxygens (including phenoxy) is 1. The van der Waals surface area contributed by atoms with Crippen LogP contribution in [-0.2, 0) is 0 Å². The van der Waals surface area contributed by atoms with Crippen molar-refractivity contribution < 1.29 is 9.53 Å². The molecule has 0 fully saturated rings. The Kier molecular flexibility index (Phi) is 2.93. The molecule has 0 bridgehead atoms. The minimum absolute atomic E-state index is 0.0955. The molecular weight excluding hydrogens is 234 g/mol. The highest BCUT2D eigenvalue weighted by Gasteiger charge is 2.12. The average molecular weight is 244 g/mol. The molecule has 13 heavy (non-hydrogen) atoms. The van der Waals surface area contributed by atoms with Crippen molar-refractivity contribution >= 4 is 27.4 Å². The van der Waals surface area contributed by atoms with Crippen LogP contribution < -0.4 is 10.5 Å². The molecule has 0 heterocycles. The molecule has 3 nitrogen and oxygen atoms in total. The molecule has 0 atom stereocenters. The number of Topliss-reactive ketones (excluding diaryl/α,β-unsaturated/α-hetero) is 1. The lowest BCUT2D eigenvalue weighted by atomic mass is 10.1. The van der Waals surface area contributed by atoms with Gasteiger partial charge in [-0.3, -0.25) is 4.79 Å². The van der Waals surface area contributed by atoms with E-state index in [1.54, 1.807) is 12.1 Å². The van der Waals surface area contributed by atoms with Crippen molar-refractivity contribution in [3.8, 4) is 5.75 Å². The Morgan fingerprint density at radius 1 is 1.54 bits per heavy atom. The van der Waals surface area contributed by atoms with E-state index < -0.39 is 0 Å². The number of nitrogen functional groups attached to an aromatic ring is 1. The van der Waals surface area contributed by atoms with E-state index in [0.29, 0.717) is 17.0 Å². The zero-order valence-electron chi connectivity index (χ0n) is 7.43. The second kappa shape index (κ2) is 3.79. The first-order chi connectivity index (χ1) is 6.06. The Balaban J connectivity index is 3.38. The molecule has 70 valence electrons. The molecule has 1 rings (SSSR count). The van der Waals surface area contributed by atoms with Crippen LogP contribution in [0.15, 0.2) is 16.6 Å². The fraction of sp³-hybridized carbons (Fsp3) is 0.222. The molecule has 1 aromatic carbocycles. The lowest BCUT2D eigenvalue weighted by Gasteiger charge is -2.08. The number of benzene rings is 1. The van der Waals surface area contributed by atoms with Crippen molar-refractivity contribution in [2.75, 3.05) is 12.8 Å². The third-order valence-corrected chi connectivity index (χ3v) is 2.13. The van der Waals surface area contributed by atoms with Gasteiger partial charge in [0.1, 0.15) is 5.75 Å². The van der Waals surface area contributed by atoms with Crippen molar-refractivity contribution in [1.29, 1.82) is 0 Å². The van der Waals surface area contributed by atoms with E-state index in [1.165, 1.54) is 14.0 Å². The minimum Gasteiger partial charge on any atom is -0.496 e. The van der Waals surface area contributed by atoms with Crippen molar-refractivity contribution in [2.45, 2.75) is 6.92 Å². The third kappa shape index (κ3) is 2.01. The van der Waals surface area contributed by atoms with Crippen LogP contribution in [-0.4, -0.2) is 12.9 Å². The summed E-state index contributed by atoms with van der Waals surface area (Å²) in [5.74, 6) is 0.404. The summed E-state index contributed by atoms with van der Waals surface area (Å²) in [6, 6.07) is 3.40. The van der Waals surface area contributed by atoms with E-state index in [4.69, 9.17) is 10.5 Å². The van der Waals surface area contributed by atoms with Gasteiger partial charge in [-0.25, -0.2) is 0 Å². The predicted molar refractivity (Wildman–Crippen MR) is 55.1 cm³/mol. The molecule has 0 amide bonds. The van der Waals surface area contributed by atoms with Gasteiger partial charge in [-0.2, -0.15) is 0 Å². The van der Waals surface area contributed by atoms with E-state index in [0.717, 1.165) is 4.47 Å². The van der Waals surface area contributed by atoms with E-state index in [9.17, 15) is 4.79 Å². The number of rotatable bonds is 2. The van der Waals surface area contributed by atoms with Crippen molar-refractivity contribution in [3.05, 3.63) is 22.2 Å². The second-order valence-corrected chi connectivity index (χ2v) is 3.54. The van der Waals surface area contributed by atoms with Crippen LogP contribution in [0, 0.1) is 0 Å². The van der Waals surface area contributed by atoms with Gasteiger partial charge >= 0.3 is 0 Å². The van der Waals surface area contributed by atoms with E-state index in [-0.39, 0.29) is 5.78 Å². The summed E-state index contributed by atoms with van der Waals surface area (Å²) in [5, 5.41) is 0. The third-order valence-electron chi connectivity index (χ3n) is 1.67. The van der Waals surface area contributed by atoms with E-state index >= 15 is 0 Å². The summed E-state index contributed by atoms with van der Waals surface area (Å²) < 4.78 is 5.84. The number of methoxy groups -OCH3 is 1. The van der Waals surface area contributed by atoms with Crippen molar-refractivity contribution in [2.24, 2.45) is 0 Å². The van der Waals surface area contributed by atoms with Gasteiger partial charge in [-0.15, -0.1) is 0 Å². The van der Waals surface area contributed by atoms with Crippen molar-refractivity contribution in [3.63, 3.8) is 0 Å². The molecule has 0 radical (unpaired) electrons. The Hall–Kier alpha value is -1.03. The normalized spacial score (nSPS) is 9.77. The number of anilines is 1. The van der Waals surface area contributed by atoms with Gasteiger partial charge in [0.05, 0.1) is 12.7 Å². The van der Waals surface area contributed by atoms with Crippen molar-refractivity contribution in [1.82, 2.24) is 0 Å². The predicted octanol–water partition coefficient (Wildman–Crippen LogP) is 2.24. The van der Waals surface area contributed by atoms with Gasteiger partial charge < -0.3 is 10.5 Å². The van der Waals surface area contributed by atoms with Crippen LogP contribution in [0.1, 0.15) is 17.3 Å². The van der Waals surface area contributed by atoms with Gasteiger partial charge in [-0.1, -0.05) is 15.9 Å². The fourth-order valence-corrected chi connectivity index (χ4v) is 1.59. The Morgan fingerprint density at radius 3 is 2.62 bits per heavy atom. The van der Waals surface area contributed by atoms with Crippen LogP contribution in [0.3, 0.4) is 0 Å². The number of hydrogen-bond donors (Lipinski definition) is 1. The molecule has 1 aromatic rings. The van der Waals surface area contributed by atoms with Crippen LogP contribution in [0.2, 0.25) is 0 Å². The highest BCUT2D eigenvalue weighted by Crippen LogP contribution is 2.29. The molecule has 0 unspecified atom stereocenters. The second-order valence-electron chi connectivity index (χ2n) is 2.63. The zero-order chi connectivity index (χ0) is 10.0. The monoisotopic (exact) mass is 243 g/mol. The molecule has 2 N–H and O–H groups in total. The molecule has 0 aliphatic carbocycles. The van der Waals surface area contributed by atoms with Crippen LogP contribution in [0.25, 0.3) is 0 Å². The van der Waals surface area contributed by atoms with Gasteiger partial charge in [-0.05, 0) is 19.1 Å². The lowest BCUT2D eigenvalue weighted by molar-refractivity contribution is 0.101. The van der Waals surface area contributed by atoms with Gasteiger partial charge in [0.25, 0.3) is 0 Å². The molecular formula is C9H10BrNO2. The molecule has 0 spiro atoms. The number of carbonyl (C=O) groups excluding carboxylic acids is 1. The van der Waals surface area contributed by atoms with Gasteiger partial charge in [0.15, 0.2) is 5.78 Å². The number of ketones is 1. The summed E-state index contributed by atoms with van der Waals surface area (Å²) in [4.78, 5) is 11.2. The quantitative estimate of drug-likeness (QED) is 0.641. The first kappa shape index (κ1) is 10.1. The summed E-state index contributed by atoms with van der Waals surface area (Å²) in [6.45, 7) is 1.46. The minimum atomic E-state index is -0.0955. The zero-order valence-corrected chi connectivity index (χ0v) is 9.01. The van der Waals surface area contributed by atoms with Crippen LogP contribution in [0.4, 0.5) is 5.69 Å². The number of carbonyl (C=O) groups is 1. The molecule has 0 aliphatic heterocycles. The smallest absolute Gasteiger partial charge is 0.165 e. The molecule has 4 heteroatoms. The van der Waals surface area contributed by atoms with Crippen LogP contribution in [0.5, 0.6) is 5.75 Å². The molecule has 0 saturated heterocycles. The highest BCUT2D eigenvalue weighted by atomic mass is 79.9. The summed E-state index contributed by atoms with van der Waals surface area (Å²) in [5.41, 5.74) is 6.53. The summed E-state index contributed by atoms with van der Waals surface area (Å²) >= 11 is 3.27. The van der Waals surface area contributed by atoms with E-state index in [2.05, 4.69) is 15.9 Å². The van der Waals surface area contributed by atoms with Gasteiger partial charge in [0, 0.05) is 10.2 Å². The summed E-state index contributed by atoms with van der Waals surface area (Å²) in [6.07, 6.45) is 0. The maximum absolute atomic E-state index is 11.2. The Labute approximate surface area is 85.0 Å².